The minimum absolute atomic E-state index is 0.220. The molecule has 0 aliphatic carbocycles. The van der Waals surface area contributed by atoms with Crippen LogP contribution in [0.3, 0.4) is 0 Å². The Morgan fingerprint density at radius 2 is 2.25 bits per heavy atom. The number of nitrogens with one attached hydrogen (secondary N) is 1. The highest BCUT2D eigenvalue weighted by Crippen LogP contribution is 2.27. The molecular formula is C9H20N2O. The third-order valence-electron chi connectivity index (χ3n) is 2.97. The predicted molar refractivity (Wildman–Crippen MR) is 49.9 cm³/mol. The molecule has 1 aliphatic heterocycles. The van der Waals surface area contributed by atoms with Gasteiger partial charge in [-0.3, -0.25) is 0 Å². The van der Waals surface area contributed by atoms with E-state index in [-0.39, 0.29) is 5.92 Å². The Bertz CT molecular complexity index is 130. The summed E-state index contributed by atoms with van der Waals surface area (Å²) in [7, 11) is 0. The largest absolute Gasteiger partial charge is 0.390 e. The third kappa shape index (κ3) is 2.19. The van der Waals surface area contributed by atoms with E-state index in [1.165, 1.54) is 0 Å². The quantitative estimate of drug-likeness (QED) is 0.553. The molecule has 0 spiro atoms. The van der Waals surface area contributed by atoms with Gasteiger partial charge in [0.15, 0.2) is 0 Å². The minimum Gasteiger partial charge on any atom is -0.390 e. The first-order chi connectivity index (χ1) is 5.69. The first-order valence-electron chi connectivity index (χ1n) is 4.82. The van der Waals surface area contributed by atoms with Crippen molar-refractivity contribution in [3.8, 4) is 0 Å². The van der Waals surface area contributed by atoms with Crippen LogP contribution >= 0.6 is 0 Å². The molecule has 0 aromatic heterocycles. The average Bonchev–Trinajstić information content (AvgIpc) is 2.29. The van der Waals surface area contributed by atoms with Crippen molar-refractivity contribution in [1.82, 2.24) is 5.32 Å². The van der Waals surface area contributed by atoms with Crippen LogP contribution in [0.1, 0.15) is 26.2 Å². The van der Waals surface area contributed by atoms with Crippen LogP contribution in [0.4, 0.5) is 0 Å². The van der Waals surface area contributed by atoms with E-state index in [2.05, 4.69) is 5.32 Å². The molecule has 0 bridgehead atoms. The topological polar surface area (TPSA) is 58.3 Å². The molecule has 0 saturated carbocycles. The fraction of sp³-hybridized carbons (Fsp3) is 1.00. The molecule has 0 aromatic rings. The van der Waals surface area contributed by atoms with Gasteiger partial charge in [0.05, 0.1) is 5.60 Å². The molecular weight excluding hydrogens is 152 g/mol. The van der Waals surface area contributed by atoms with Gasteiger partial charge in [0.25, 0.3) is 0 Å². The van der Waals surface area contributed by atoms with Gasteiger partial charge in [-0.1, -0.05) is 6.92 Å². The lowest BCUT2D eigenvalue weighted by atomic mass is 9.83. The van der Waals surface area contributed by atoms with Crippen LogP contribution in [-0.2, 0) is 0 Å². The predicted octanol–water partition coefficient (Wildman–Crippen LogP) is 0.0858. The first kappa shape index (κ1) is 9.96. The summed E-state index contributed by atoms with van der Waals surface area (Å²) in [5.41, 5.74) is 5.04. The maximum Gasteiger partial charge on any atom is 0.0697 e. The maximum atomic E-state index is 10.2. The summed E-state index contributed by atoms with van der Waals surface area (Å²) >= 11 is 0. The molecule has 3 heteroatoms. The number of hydrogen-bond acceptors (Lipinski definition) is 3. The summed E-state index contributed by atoms with van der Waals surface area (Å²) in [4.78, 5) is 0. The summed E-state index contributed by atoms with van der Waals surface area (Å²) in [6.07, 6.45) is 2.78. The summed E-state index contributed by atoms with van der Waals surface area (Å²) < 4.78 is 0. The van der Waals surface area contributed by atoms with Gasteiger partial charge in [-0.05, 0) is 44.8 Å². The highest BCUT2D eigenvalue weighted by molar-refractivity contribution is 4.87. The van der Waals surface area contributed by atoms with Gasteiger partial charge >= 0.3 is 0 Å². The first-order valence-corrected chi connectivity index (χ1v) is 4.82. The van der Waals surface area contributed by atoms with Gasteiger partial charge in [0.2, 0.25) is 0 Å². The second kappa shape index (κ2) is 4.21. The molecule has 1 rings (SSSR count). The Balaban J connectivity index is 2.53. The van der Waals surface area contributed by atoms with Crippen molar-refractivity contribution in [1.29, 1.82) is 0 Å². The molecule has 1 heterocycles. The molecule has 4 N–H and O–H groups in total. The fourth-order valence-electron chi connectivity index (χ4n) is 1.79. The van der Waals surface area contributed by atoms with Crippen LogP contribution in [0, 0.1) is 5.92 Å². The van der Waals surface area contributed by atoms with Gasteiger partial charge in [-0.2, -0.15) is 0 Å². The zero-order valence-corrected chi connectivity index (χ0v) is 7.84. The van der Waals surface area contributed by atoms with Crippen LogP contribution in [-0.4, -0.2) is 30.3 Å². The number of aliphatic hydroxyl groups is 1. The van der Waals surface area contributed by atoms with Gasteiger partial charge in [-0.25, -0.2) is 0 Å². The molecule has 12 heavy (non-hydrogen) atoms. The van der Waals surface area contributed by atoms with Crippen LogP contribution in [0.5, 0.6) is 0 Å². The lowest BCUT2D eigenvalue weighted by Crippen LogP contribution is -2.40. The fourth-order valence-corrected chi connectivity index (χ4v) is 1.79. The second-order valence-corrected chi connectivity index (χ2v) is 3.84. The van der Waals surface area contributed by atoms with Crippen molar-refractivity contribution in [2.45, 2.75) is 31.8 Å². The molecule has 0 radical (unpaired) electrons. The zero-order chi connectivity index (χ0) is 9.03. The molecule has 2 unspecified atom stereocenters. The summed E-state index contributed by atoms with van der Waals surface area (Å²) in [6.45, 7) is 4.56. The lowest BCUT2D eigenvalue weighted by Gasteiger charge is -2.32. The van der Waals surface area contributed by atoms with E-state index in [4.69, 9.17) is 5.73 Å². The van der Waals surface area contributed by atoms with E-state index in [9.17, 15) is 5.11 Å². The Labute approximate surface area is 74.3 Å². The molecule has 1 fully saturated rings. The summed E-state index contributed by atoms with van der Waals surface area (Å²) in [5.74, 6) is 0.220. The van der Waals surface area contributed by atoms with E-state index in [1.54, 1.807) is 0 Å². The molecule has 0 aromatic carbocycles. The van der Waals surface area contributed by atoms with Crippen molar-refractivity contribution in [3.05, 3.63) is 0 Å². The van der Waals surface area contributed by atoms with Crippen molar-refractivity contribution < 1.29 is 5.11 Å². The number of nitrogens with two attached hydrogens (primary N) is 1. The number of rotatable bonds is 2. The van der Waals surface area contributed by atoms with Crippen molar-refractivity contribution in [2.75, 3.05) is 19.6 Å². The lowest BCUT2D eigenvalue weighted by molar-refractivity contribution is -0.0192. The smallest absolute Gasteiger partial charge is 0.0697 e. The molecule has 1 saturated heterocycles. The molecule has 2 atom stereocenters. The average molecular weight is 172 g/mol. The highest BCUT2D eigenvalue weighted by Gasteiger charge is 2.32. The highest BCUT2D eigenvalue weighted by atomic mass is 16.3. The van der Waals surface area contributed by atoms with Gasteiger partial charge in [0.1, 0.15) is 0 Å². The van der Waals surface area contributed by atoms with Crippen molar-refractivity contribution in [3.63, 3.8) is 0 Å². The molecule has 0 amide bonds. The molecule has 72 valence electrons. The SMILES string of the molecule is CC(CN)C1(O)CCCNCC1. The minimum atomic E-state index is -0.516. The van der Waals surface area contributed by atoms with E-state index in [0.29, 0.717) is 6.54 Å². The van der Waals surface area contributed by atoms with E-state index >= 15 is 0 Å². The number of hydrogen-bond donors (Lipinski definition) is 3. The van der Waals surface area contributed by atoms with E-state index in [1.807, 2.05) is 6.92 Å². The Morgan fingerprint density at radius 1 is 1.50 bits per heavy atom. The normalized spacial score (nSPS) is 34.2. The van der Waals surface area contributed by atoms with Crippen molar-refractivity contribution >= 4 is 0 Å². The monoisotopic (exact) mass is 172 g/mol. The zero-order valence-electron chi connectivity index (χ0n) is 7.84. The van der Waals surface area contributed by atoms with Crippen LogP contribution in [0.15, 0.2) is 0 Å². The molecule has 1 aliphatic rings. The van der Waals surface area contributed by atoms with Crippen LogP contribution in [0.2, 0.25) is 0 Å². The maximum absolute atomic E-state index is 10.2. The third-order valence-corrected chi connectivity index (χ3v) is 2.97. The Kier molecular flexibility index (Phi) is 3.50. The van der Waals surface area contributed by atoms with Gasteiger partial charge in [-0.15, -0.1) is 0 Å². The van der Waals surface area contributed by atoms with E-state index < -0.39 is 5.60 Å². The molecule has 3 nitrogen and oxygen atoms in total. The van der Waals surface area contributed by atoms with Gasteiger partial charge < -0.3 is 16.2 Å². The Hall–Kier alpha value is -0.120. The van der Waals surface area contributed by atoms with Crippen LogP contribution < -0.4 is 11.1 Å². The summed E-state index contributed by atoms with van der Waals surface area (Å²) in [5, 5.41) is 13.5. The van der Waals surface area contributed by atoms with Crippen LogP contribution in [0.25, 0.3) is 0 Å². The summed E-state index contributed by atoms with van der Waals surface area (Å²) in [6, 6.07) is 0. The van der Waals surface area contributed by atoms with Crippen molar-refractivity contribution in [2.24, 2.45) is 11.7 Å². The standard InChI is InChI=1S/C9H20N2O/c1-8(7-10)9(12)3-2-5-11-6-4-9/h8,11-12H,2-7,10H2,1H3. The Morgan fingerprint density at radius 3 is 2.92 bits per heavy atom. The van der Waals surface area contributed by atoms with Gasteiger partial charge in [0, 0.05) is 0 Å². The second-order valence-electron chi connectivity index (χ2n) is 3.84. The van der Waals surface area contributed by atoms with E-state index in [0.717, 1.165) is 32.4 Å².